The van der Waals surface area contributed by atoms with Crippen molar-refractivity contribution in [2.75, 3.05) is 65.3 Å². The molecule has 2 bridgehead atoms. The Balaban J connectivity index is 0.979. The van der Waals surface area contributed by atoms with Gasteiger partial charge in [0.2, 0.25) is 5.95 Å². The molecule has 2 aliphatic heterocycles. The lowest BCUT2D eigenvalue weighted by Crippen LogP contribution is -2.52. The number of nitrogens with zero attached hydrogens (tertiary/aromatic N) is 9. The molecule has 0 spiro atoms. The van der Waals surface area contributed by atoms with Gasteiger partial charge in [0.1, 0.15) is 23.9 Å². The zero-order valence-electron chi connectivity index (χ0n) is 31.1. The second-order valence-corrected chi connectivity index (χ2v) is 14.5. The van der Waals surface area contributed by atoms with Crippen molar-refractivity contribution in [1.82, 2.24) is 44.9 Å². The number of hydrogen-bond donors (Lipinski definition) is 1. The van der Waals surface area contributed by atoms with Gasteiger partial charge in [0, 0.05) is 56.2 Å². The first-order valence-electron chi connectivity index (χ1n) is 19.0. The van der Waals surface area contributed by atoms with Gasteiger partial charge in [0.15, 0.2) is 0 Å². The Hall–Kier alpha value is -3.93. The largest absolute Gasteiger partial charge is 0.487 e. The third-order valence-corrected chi connectivity index (χ3v) is 10.6. The van der Waals surface area contributed by atoms with Gasteiger partial charge in [0.05, 0.1) is 70.1 Å². The van der Waals surface area contributed by atoms with Crippen LogP contribution in [0.3, 0.4) is 0 Å². The van der Waals surface area contributed by atoms with E-state index < -0.39 is 0 Å². The normalized spacial score (nSPS) is 22.0. The Labute approximate surface area is 320 Å². The number of nitrogens with one attached hydrogen (secondary N) is 1. The number of anilines is 2. The molecule has 3 atom stereocenters. The van der Waals surface area contributed by atoms with Gasteiger partial charge in [-0.2, -0.15) is 0 Å². The first-order valence-corrected chi connectivity index (χ1v) is 19.4. The van der Waals surface area contributed by atoms with E-state index in [1.54, 1.807) is 36.6 Å². The third kappa shape index (κ3) is 10.0. The zero-order valence-corrected chi connectivity index (χ0v) is 31.9. The average molecular weight is 767 g/mol. The van der Waals surface area contributed by atoms with E-state index in [1.165, 1.54) is 12.8 Å². The summed E-state index contributed by atoms with van der Waals surface area (Å²) in [5, 5.41) is 20.1. The summed E-state index contributed by atoms with van der Waals surface area (Å²) < 4.78 is 38.1. The number of morpholine rings is 1. The lowest BCUT2D eigenvalue weighted by molar-refractivity contribution is -0.0458. The predicted octanol–water partition coefficient (Wildman–Crippen LogP) is 4.99. The minimum absolute atomic E-state index is 0.213. The summed E-state index contributed by atoms with van der Waals surface area (Å²) in [4.78, 5) is 12.1. The lowest BCUT2D eigenvalue weighted by atomic mass is 9.89. The predicted molar refractivity (Wildman–Crippen MR) is 200 cm³/mol. The molecule has 54 heavy (non-hydrogen) atoms. The van der Waals surface area contributed by atoms with E-state index in [4.69, 9.17) is 45.1 Å². The van der Waals surface area contributed by atoms with Crippen LogP contribution in [0.4, 0.5) is 11.6 Å². The molecule has 5 heterocycles. The highest BCUT2D eigenvalue weighted by Gasteiger charge is 2.42. The van der Waals surface area contributed by atoms with Crippen LogP contribution in [-0.4, -0.2) is 129 Å². The number of ether oxygens (including phenoxy) is 6. The Morgan fingerprint density at radius 2 is 1.61 bits per heavy atom. The number of benzene rings is 1. The van der Waals surface area contributed by atoms with E-state index in [0.29, 0.717) is 99.4 Å². The summed E-state index contributed by atoms with van der Waals surface area (Å²) in [5.41, 5.74) is 2.41. The quantitative estimate of drug-likeness (QED) is 0.120. The van der Waals surface area contributed by atoms with E-state index in [9.17, 15) is 0 Å². The molecule has 7 rings (SSSR count). The number of aromatic nitrogens is 8. The van der Waals surface area contributed by atoms with Crippen molar-refractivity contribution in [2.24, 2.45) is 0 Å². The van der Waals surface area contributed by atoms with Gasteiger partial charge < -0.3 is 33.7 Å². The van der Waals surface area contributed by atoms with Crippen molar-refractivity contribution in [1.29, 1.82) is 0 Å². The molecule has 1 aromatic carbocycles. The van der Waals surface area contributed by atoms with Crippen LogP contribution in [0.25, 0.3) is 11.1 Å². The van der Waals surface area contributed by atoms with Crippen LogP contribution < -0.4 is 14.8 Å². The Kier molecular flexibility index (Phi) is 13.6. The summed E-state index contributed by atoms with van der Waals surface area (Å²) in [6.45, 7) is 7.38. The number of methoxy groups -OCH3 is 1. The third-order valence-electron chi connectivity index (χ3n) is 10.3. The fourth-order valence-corrected chi connectivity index (χ4v) is 7.80. The maximum absolute atomic E-state index is 6.49. The van der Waals surface area contributed by atoms with Gasteiger partial charge in [-0.15, -0.1) is 10.2 Å². The van der Waals surface area contributed by atoms with Gasteiger partial charge in [-0.05, 0) is 73.6 Å². The molecular formula is C37H51ClN10O6. The molecular weight excluding hydrogens is 716 g/mol. The smallest absolute Gasteiger partial charge is 0.256 e. The van der Waals surface area contributed by atoms with E-state index in [1.807, 2.05) is 25.3 Å². The van der Waals surface area contributed by atoms with E-state index in [0.717, 1.165) is 55.7 Å². The van der Waals surface area contributed by atoms with E-state index in [-0.39, 0.29) is 6.10 Å². The molecule has 292 valence electrons. The van der Waals surface area contributed by atoms with Gasteiger partial charge in [0.25, 0.3) is 5.88 Å². The summed E-state index contributed by atoms with van der Waals surface area (Å²) in [5.74, 6) is 1.51. The molecule has 3 aromatic heterocycles. The van der Waals surface area contributed by atoms with Crippen LogP contribution in [0, 0.1) is 0 Å². The highest BCUT2D eigenvalue weighted by Crippen LogP contribution is 2.39. The standard InChI is InChI=1S/C37H51ClN10O6/c1-26(21-46-25-41-44-45-46)54-35-18-27(4-11-33(35)38)28-19-39-37(40-20-28)42-34-22-47(43-36(34)53-13-3-12-50-16-17-51-15-14-49-2)29-5-7-30(8-6-29)48-31-9-10-32(48)24-52-23-31/h4,11,18-20,22,25-26,29-32H,3,5-10,12-17,21,23-24H2,1-2H3,(H,39,40,42)/t26?,29?,30?,31-,32+. The second kappa shape index (κ2) is 19.1. The van der Waals surface area contributed by atoms with E-state index >= 15 is 0 Å². The first kappa shape index (κ1) is 38.3. The SMILES string of the molecule is COCCOCCOCCCOc1nn(C2CCC(N3[C@@H]4CC[C@H]3COC4)CC2)cc1Nc1ncc(-c2ccc(Cl)c(OC(C)Cn3cnnn3)c2)cn1. The minimum Gasteiger partial charge on any atom is -0.487 e. The topological polar surface area (TPSA) is 158 Å². The number of hydrogen-bond acceptors (Lipinski definition) is 14. The van der Waals surface area contributed by atoms with Crippen molar-refractivity contribution in [2.45, 2.75) is 88.7 Å². The molecule has 17 heteroatoms. The highest BCUT2D eigenvalue weighted by molar-refractivity contribution is 6.32. The molecule has 1 aliphatic carbocycles. The fraction of sp³-hybridized carbons (Fsp3) is 0.622. The fourth-order valence-electron chi connectivity index (χ4n) is 7.64. The Morgan fingerprint density at radius 3 is 2.35 bits per heavy atom. The molecule has 0 radical (unpaired) electrons. The number of fused-ring (bicyclic) bond motifs is 2. The molecule has 4 aromatic rings. The number of tetrazole rings is 1. The number of halogens is 1. The molecule has 3 aliphatic rings. The van der Waals surface area contributed by atoms with Crippen molar-refractivity contribution < 1.29 is 28.4 Å². The minimum atomic E-state index is -0.213. The van der Waals surface area contributed by atoms with Crippen LogP contribution in [0.5, 0.6) is 11.6 Å². The van der Waals surface area contributed by atoms with Crippen LogP contribution in [0.15, 0.2) is 43.1 Å². The summed E-state index contributed by atoms with van der Waals surface area (Å²) in [7, 11) is 1.66. The van der Waals surface area contributed by atoms with Crippen molar-refractivity contribution >= 4 is 23.2 Å². The average Bonchev–Trinajstić information content (AvgIpc) is 3.91. The summed E-state index contributed by atoms with van der Waals surface area (Å²) >= 11 is 6.49. The van der Waals surface area contributed by atoms with Crippen LogP contribution >= 0.6 is 11.6 Å². The zero-order chi connectivity index (χ0) is 37.1. The molecule has 3 fully saturated rings. The summed E-state index contributed by atoms with van der Waals surface area (Å²) in [6.07, 6.45) is 14.6. The Bertz CT molecular complexity index is 1710. The van der Waals surface area contributed by atoms with Crippen molar-refractivity contribution in [3.05, 3.63) is 48.1 Å². The monoisotopic (exact) mass is 766 g/mol. The van der Waals surface area contributed by atoms with E-state index in [2.05, 4.69) is 40.4 Å². The molecule has 1 saturated carbocycles. The molecule has 1 unspecified atom stereocenters. The van der Waals surface area contributed by atoms with Gasteiger partial charge in [-0.25, -0.2) is 14.6 Å². The van der Waals surface area contributed by atoms with Gasteiger partial charge in [-0.3, -0.25) is 9.58 Å². The highest BCUT2D eigenvalue weighted by atomic mass is 35.5. The van der Waals surface area contributed by atoms with Crippen molar-refractivity contribution in [3.8, 4) is 22.8 Å². The first-order chi connectivity index (χ1) is 26.5. The molecule has 2 saturated heterocycles. The summed E-state index contributed by atoms with van der Waals surface area (Å²) in [6, 6.07) is 7.68. The van der Waals surface area contributed by atoms with Gasteiger partial charge >= 0.3 is 0 Å². The van der Waals surface area contributed by atoms with Crippen LogP contribution in [0.1, 0.15) is 57.9 Å². The Morgan fingerprint density at radius 1 is 0.889 bits per heavy atom. The van der Waals surface area contributed by atoms with Crippen LogP contribution in [0.2, 0.25) is 5.02 Å². The molecule has 0 amide bonds. The lowest BCUT2D eigenvalue weighted by Gasteiger charge is -2.43. The number of rotatable bonds is 20. The van der Waals surface area contributed by atoms with Crippen LogP contribution in [-0.2, 0) is 25.5 Å². The molecule has 1 N–H and O–H groups in total. The maximum atomic E-state index is 6.49. The van der Waals surface area contributed by atoms with Crippen molar-refractivity contribution in [3.63, 3.8) is 0 Å². The van der Waals surface area contributed by atoms with Gasteiger partial charge in [-0.1, -0.05) is 17.7 Å². The molecule has 16 nitrogen and oxygen atoms in total. The maximum Gasteiger partial charge on any atom is 0.256 e. The second-order valence-electron chi connectivity index (χ2n) is 14.1.